The SMILES string of the molecule is CCOC(=O)N1CCN(S(=O)(=O)N2CCCC(C(=O)NCc3ccc(F)cc3Cl)C2)CC1. The summed E-state index contributed by atoms with van der Waals surface area (Å²) in [5.41, 5.74) is 0.584. The van der Waals surface area contributed by atoms with Gasteiger partial charge in [-0.05, 0) is 37.5 Å². The van der Waals surface area contributed by atoms with Crippen molar-refractivity contribution in [3.8, 4) is 0 Å². The first kappa shape index (κ1) is 24.7. The Morgan fingerprint density at radius 3 is 2.56 bits per heavy atom. The number of piperazine rings is 1. The molecule has 0 saturated carbocycles. The molecular weight excluding hydrogens is 463 g/mol. The first-order valence-corrected chi connectivity index (χ1v) is 12.4. The number of piperidine rings is 1. The lowest BCUT2D eigenvalue weighted by Crippen LogP contribution is -2.56. The summed E-state index contributed by atoms with van der Waals surface area (Å²) in [5.74, 6) is -1.21. The van der Waals surface area contributed by atoms with Crippen LogP contribution < -0.4 is 5.32 Å². The fraction of sp³-hybridized carbons (Fsp3) is 0.600. The molecule has 0 aromatic heterocycles. The summed E-state index contributed by atoms with van der Waals surface area (Å²) in [6.07, 6.45) is 0.698. The fourth-order valence-electron chi connectivity index (χ4n) is 3.84. The smallest absolute Gasteiger partial charge is 0.409 e. The van der Waals surface area contributed by atoms with Crippen LogP contribution in [-0.4, -0.2) is 79.8 Å². The summed E-state index contributed by atoms with van der Waals surface area (Å²) in [6, 6.07) is 3.95. The van der Waals surface area contributed by atoms with Crippen LogP contribution >= 0.6 is 11.6 Å². The molecule has 1 atom stereocenters. The summed E-state index contributed by atoms with van der Waals surface area (Å²) < 4.78 is 47.0. The second kappa shape index (κ2) is 10.8. The number of hydrogen-bond acceptors (Lipinski definition) is 5. The van der Waals surface area contributed by atoms with Crippen molar-refractivity contribution in [1.82, 2.24) is 18.8 Å². The Morgan fingerprint density at radius 1 is 1.19 bits per heavy atom. The van der Waals surface area contributed by atoms with E-state index in [-0.39, 0.29) is 56.8 Å². The fourth-order valence-corrected chi connectivity index (χ4v) is 5.75. The molecule has 9 nitrogen and oxygen atoms in total. The first-order valence-electron chi connectivity index (χ1n) is 10.6. The average molecular weight is 491 g/mol. The van der Waals surface area contributed by atoms with E-state index >= 15 is 0 Å². The van der Waals surface area contributed by atoms with Gasteiger partial charge in [-0.15, -0.1) is 0 Å². The third-order valence-electron chi connectivity index (χ3n) is 5.64. The highest BCUT2D eigenvalue weighted by atomic mass is 35.5. The predicted molar refractivity (Wildman–Crippen MR) is 117 cm³/mol. The van der Waals surface area contributed by atoms with Gasteiger partial charge >= 0.3 is 6.09 Å². The molecular formula is C20H28ClFN4O5S. The molecule has 0 spiro atoms. The Kier molecular flexibility index (Phi) is 8.32. The number of carbonyl (C=O) groups is 2. The quantitative estimate of drug-likeness (QED) is 0.655. The van der Waals surface area contributed by atoms with Gasteiger partial charge in [0.15, 0.2) is 0 Å². The molecule has 2 saturated heterocycles. The van der Waals surface area contributed by atoms with E-state index in [0.717, 1.165) is 0 Å². The maximum Gasteiger partial charge on any atom is 0.409 e. The number of carbonyl (C=O) groups excluding carboxylic acids is 2. The highest BCUT2D eigenvalue weighted by Gasteiger charge is 2.37. The van der Waals surface area contributed by atoms with E-state index in [1.54, 1.807) is 6.92 Å². The van der Waals surface area contributed by atoms with Gasteiger partial charge in [-0.3, -0.25) is 4.79 Å². The third kappa shape index (κ3) is 5.89. The van der Waals surface area contributed by atoms with Crippen molar-refractivity contribution in [1.29, 1.82) is 0 Å². The first-order chi connectivity index (χ1) is 15.2. The van der Waals surface area contributed by atoms with Crippen LogP contribution in [0.4, 0.5) is 9.18 Å². The van der Waals surface area contributed by atoms with Crippen LogP contribution in [0.15, 0.2) is 18.2 Å². The summed E-state index contributed by atoms with van der Waals surface area (Å²) in [5, 5.41) is 2.99. The molecule has 2 heterocycles. The van der Waals surface area contributed by atoms with Crippen molar-refractivity contribution >= 4 is 33.8 Å². The van der Waals surface area contributed by atoms with Crippen LogP contribution in [0.25, 0.3) is 0 Å². The highest BCUT2D eigenvalue weighted by Crippen LogP contribution is 2.23. The highest BCUT2D eigenvalue weighted by molar-refractivity contribution is 7.86. The molecule has 2 aliphatic heterocycles. The summed E-state index contributed by atoms with van der Waals surface area (Å²) in [7, 11) is -3.75. The number of nitrogens with zero attached hydrogens (tertiary/aromatic N) is 3. The molecule has 1 aromatic rings. The van der Waals surface area contributed by atoms with Gasteiger partial charge < -0.3 is 15.0 Å². The van der Waals surface area contributed by atoms with Gasteiger partial charge in [0.25, 0.3) is 10.2 Å². The molecule has 0 radical (unpaired) electrons. The number of amides is 2. The molecule has 0 aliphatic carbocycles. The second-order valence-electron chi connectivity index (χ2n) is 7.74. The number of hydrogen-bond donors (Lipinski definition) is 1. The van der Waals surface area contributed by atoms with Crippen molar-refractivity contribution in [3.05, 3.63) is 34.6 Å². The Morgan fingerprint density at radius 2 is 1.91 bits per heavy atom. The summed E-state index contributed by atoms with van der Waals surface area (Å²) in [6.45, 7) is 3.42. The van der Waals surface area contributed by atoms with Crippen LogP contribution in [0.5, 0.6) is 0 Å². The number of ether oxygens (including phenoxy) is 1. The van der Waals surface area contributed by atoms with E-state index in [2.05, 4.69) is 5.32 Å². The molecule has 178 valence electrons. The van der Waals surface area contributed by atoms with Crippen LogP contribution in [0.1, 0.15) is 25.3 Å². The number of nitrogens with one attached hydrogen (secondary N) is 1. The zero-order valence-corrected chi connectivity index (χ0v) is 19.5. The van der Waals surface area contributed by atoms with E-state index < -0.39 is 28.0 Å². The van der Waals surface area contributed by atoms with Crippen LogP contribution in [-0.2, 0) is 26.3 Å². The topological polar surface area (TPSA) is 99.3 Å². The van der Waals surface area contributed by atoms with Gasteiger partial charge in [-0.25, -0.2) is 9.18 Å². The van der Waals surface area contributed by atoms with Gasteiger partial charge in [-0.1, -0.05) is 17.7 Å². The van der Waals surface area contributed by atoms with Crippen LogP contribution in [0, 0.1) is 11.7 Å². The zero-order valence-electron chi connectivity index (χ0n) is 17.9. The molecule has 2 aliphatic rings. The van der Waals surface area contributed by atoms with Crippen molar-refractivity contribution in [3.63, 3.8) is 0 Å². The number of rotatable bonds is 6. The third-order valence-corrected chi connectivity index (χ3v) is 7.99. The van der Waals surface area contributed by atoms with Crippen molar-refractivity contribution in [2.24, 2.45) is 5.92 Å². The Labute approximate surface area is 192 Å². The van der Waals surface area contributed by atoms with Gasteiger partial charge in [0.2, 0.25) is 5.91 Å². The number of benzene rings is 1. The molecule has 32 heavy (non-hydrogen) atoms. The van der Waals surface area contributed by atoms with Crippen LogP contribution in [0.3, 0.4) is 0 Å². The van der Waals surface area contributed by atoms with E-state index in [1.807, 2.05) is 0 Å². The lowest BCUT2D eigenvalue weighted by molar-refractivity contribution is -0.126. The minimum Gasteiger partial charge on any atom is -0.450 e. The standard InChI is InChI=1S/C20H28ClFN4O5S/c1-2-31-20(28)24-8-10-25(11-9-24)32(29,30)26-7-3-4-16(14-26)19(27)23-13-15-5-6-17(22)12-18(15)21/h5-6,12,16H,2-4,7-11,13-14H2,1H3,(H,23,27). The monoisotopic (exact) mass is 490 g/mol. The van der Waals surface area contributed by atoms with Crippen molar-refractivity contribution in [2.75, 3.05) is 45.9 Å². The summed E-state index contributed by atoms with van der Waals surface area (Å²) in [4.78, 5) is 26.0. The van der Waals surface area contributed by atoms with Crippen molar-refractivity contribution in [2.45, 2.75) is 26.3 Å². The van der Waals surface area contributed by atoms with Gasteiger partial charge in [0.1, 0.15) is 5.82 Å². The average Bonchev–Trinajstić information content (AvgIpc) is 2.78. The summed E-state index contributed by atoms with van der Waals surface area (Å²) >= 11 is 6.00. The molecule has 0 bridgehead atoms. The molecule has 12 heteroatoms. The van der Waals surface area contributed by atoms with E-state index in [4.69, 9.17) is 16.3 Å². The zero-order chi connectivity index (χ0) is 23.3. The number of halogens is 2. The van der Waals surface area contributed by atoms with Gasteiger partial charge in [0.05, 0.1) is 12.5 Å². The maximum atomic E-state index is 13.2. The molecule has 3 rings (SSSR count). The Hall–Kier alpha value is -1.95. The predicted octanol–water partition coefficient (Wildman–Crippen LogP) is 1.83. The minimum absolute atomic E-state index is 0.0867. The van der Waals surface area contributed by atoms with Gasteiger partial charge in [-0.2, -0.15) is 17.0 Å². The normalized spacial score (nSPS) is 20.7. The Balaban J connectivity index is 1.55. The molecule has 2 fully saturated rings. The lowest BCUT2D eigenvalue weighted by atomic mass is 9.99. The lowest BCUT2D eigenvalue weighted by Gasteiger charge is -2.38. The van der Waals surface area contributed by atoms with Crippen molar-refractivity contribution < 1.29 is 27.1 Å². The van der Waals surface area contributed by atoms with E-state index in [1.165, 1.54) is 31.7 Å². The molecule has 1 N–H and O–H groups in total. The van der Waals surface area contributed by atoms with E-state index in [9.17, 15) is 22.4 Å². The largest absolute Gasteiger partial charge is 0.450 e. The molecule has 2 amide bonds. The Bertz CT molecular complexity index is 940. The van der Waals surface area contributed by atoms with Crippen LogP contribution in [0.2, 0.25) is 5.02 Å². The maximum absolute atomic E-state index is 13.2. The molecule has 1 unspecified atom stereocenters. The molecule has 1 aromatic carbocycles. The van der Waals surface area contributed by atoms with E-state index in [0.29, 0.717) is 24.9 Å². The van der Waals surface area contributed by atoms with Gasteiger partial charge in [0, 0.05) is 50.8 Å². The minimum atomic E-state index is -3.75. The second-order valence-corrected chi connectivity index (χ2v) is 10.1.